The molecule has 5 rings (SSSR count). The number of fused-ring (bicyclic) bond motifs is 3. The van der Waals surface area contributed by atoms with Crippen LogP contribution in [0.15, 0.2) is 30.6 Å². The van der Waals surface area contributed by atoms with Crippen molar-refractivity contribution in [3.63, 3.8) is 0 Å². The molecule has 8 nitrogen and oxygen atoms in total. The number of aromatic amines is 1. The van der Waals surface area contributed by atoms with Gasteiger partial charge in [0.25, 0.3) is 5.91 Å². The SMILES string of the molecule is CC(=O)N(C)[C@@H]1CCN(C(=O)c2nc3c(s2)CCOc2cc(-c4cn[nH]c4)ccc2-3)C1. The molecule has 0 aliphatic carbocycles. The van der Waals surface area contributed by atoms with Crippen molar-refractivity contribution in [2.45, 2.75) is 25.8 Å². The van der Waals surface area contributed by atoms with Crippen molar-refractivity contribution < 1.29 is 14.3 Å². The van der Waals surface area contributed by atoms with Crippen molar-refractivity contribution in [2.75, 3.05) is 26.7 Å². The number of rotatable bonds is 3. The van der Waals surface area contributed by atoms with Crippen LogP contribution in [-0.4, -0.2) is 69.6 Å². The monoisotopic (exact) mass is 437 g/mol. The third-order valence-electron chi connectivity index (χ3n) is 6.03. The molecule has 9 heteroatoms. The van der Waals surface area contributed by atoms with Crippen molar-refractivity contribution >= 4 is 23.2 Å². The van der Waals surface area contributed by atoms with Gasteiger partial charge in [0.1, 0.15) is 5.75 Å². The Labute approximate surface area is 183 Å². The van der Waals surface area contributed by atoms with E-state index in [4.69, 9.17) is 9.72 Å². The number of nitrogens with zero attached hydrogens (tertiary/aromatic N) is 4. The predicted octanol–water partition coefficient (Wildman–Crippen LogP) is 2.83. The van der Waals surface area contributed by atoms with Gasteiger partial charge in [-0.25, -0.2) is 4.98 Å². The number of likely N-dealkylation sites (N-methyl/N-ethyl adjacent to an activating group) is 1. The fraction of sp³-hybridized carbons (Fsp3) is 0.364. The highest BCUT2D eigenvalue weighted by molar-refractivity contribution is 7.14. The maximum absolute atomic E-state index is 13.1. The van der Waals surface area contributed by atoms with E-state index in [1.54, 1.807) is 25.1 Å². The Kier molecular flexibility index (Phi) is 4.97. The lowest BCUT2D eigenvalue weighted by molar-refractivity contribution is -0.129. The van der Waals surface area contributed by atoms with Crippen LogP contribution in [-0.2, 0) is 11.2 Å². The molecule has 1 fully saturated rings. The average molecular weight is 438 g/mol. The first-order chi connectivity index (χ1) is 15.0. The van der Waals surface area contributed by atoms with E-state index in [9.17, 15) is 9.59 Å². The largest absolute Gasteiger partial charge is 0.492 e. The molecule has 1 atom stereocenters. The molecule has 0 bridgehead atoms. The van der Waals surface area contributed by atoms with Gasteiger partial charge in [-0.05, 0) is 24.1 Å². The number of amides is 2. The van der Waals surface area contributed by atoms with Crippen LogP contribution < -0.4 is 4.74 Å². The molecule has 1 N–H and O–H groups in total. The van der Waals surface area contributed by atoms with Crippen LogP contribution in [0.2, 0.25) is 0 Å². The first-order valence-electron chi connectivity index (χ1n) is 10.3. The molecule has 3 aromatic rings. The van der Waals surface area contributed by atoms with Crippen molar-refractivity contribution in [2.24, 2.45) is 0 Å². The molecule has 0 radical (unpaired) electrons. The van der Waals surface area contributed by atoms with Crippen LogP contribution in [0, 0.1) is 0 Å². The van der Waals surface area contributed by atoms with Crippen LogP contribution >= 0.6 is 11.3 Å². The maximum Gasteiger partial charge on any atom is 0.282 e. The van der Waals surface area contributed by atoms with Crippen LogP contribution in [0.3, 0.4) is 0 Å². The second-order valence-electron chi connectivity index (χ2n) is 7.91. The van der Waals surface area contributed by atoms with Crippen LogP contribution in [0.25, 0.3) is 22.4 Å². The molecular weight excluding hydrogens is 414 g/mol. The molecule has 31 heavy (non-hydrogen) atoms. The highest BCUT2D eigenvalue weighted by Gasteiger charge is 2.33. The highest BCUT2D eigenvalue weighted by Crippen LogP contribution is 2.40. The number of thiazole rings is 1. The lowest BCUT2D eigenvalue weighted by atomic mass is 10.0. The van der Waals surface area contributed by atoms with E-state index in [1.165, 1.54) is 11.3 Å². The van der Waals surface area contributed by atoms with E-state index >= 15 is 0 Å². The normalized spacial score (nSPS) is 17.5. The molecular formula is C22H23N5O3S. The first kappa shape index (κ1) is 19.7. The zero-order valence-electron chi connectivity index (χ0n) is 17.4. The van der Waals surface area contributed by atoms with Crippen molar-refractivity contribution in [1.29, 1.82) is 0 Å². The number of likely N-dealkylation sites (tertiary alicyclic amines) is 1. The van der Waals surface area contributed by atoms with E-state index < -0.39 is 0 Å². The average Bonchev–Trinajstić information content (AvgIpc) is 3.52. The van der Waals surface area contributed by atoms with E-state index in [0.717, 1.165) is 39.4 Å². The number of benzene rings is 1. The minimum Gasteiger partial charge on any atom is -0.492 e. The number of carbonyl (C=O) groups is 2. The van der Waals surface area contributed by atoms with Crippen LogP contribution in [0.1, 0.15) is 28.0 Å². The number of carbonyl (C=O) groups excluding carboxylic acids is 2. The summed E-state index contributed by atoms with van der Waals surface area (Å²) in [7, 11) is 1.79. The minimum atomic E-state index is -0.0602. The number of ether oxygens (including phenoxy) is 1. The Morgan fingerprint density at radius 1 is 1.32 bits per heavy atom. The van der Waals surface area contributed by atoms with Gasteiger partial charge in [0.05, 0.1) is 24.5 Å². The first-order valence-corrected chi connectivity index (χ1v) is 11.1. The van der Waals surface area contributed by atoms with Crippen molar-refractivity contribution in [1.82, 2.24) is 25.0 Å². The predicted molar refractivity (Wildman–Crippen MR) is 117 cm³/mol. The summed E-state index contributed by atoms with van der Waals surface area (Å²) in [5, 5.41) is 7.34. The summed E-state index contributed by atoms with van der Waals surface area (Å²) in [6.07, 6.45) is 5.12. The summed E-state index contributed by atoms with van der Waals surface area (Å²) in [4.78, 5) is 34.1. The molecule has 2 aromatic heterocycles. The van der Waals surface area contributed by atoms with Gasteiger partial charge in [-0.1, -0.05) is 6.07 Å². The van der Waals surface area contributed by atoms with Crippen LogP contribution in [0.4, 0.5) is 0 Å². The fourth-order valence-corrected chi connectivity index (χ4v) is 5.16. The zero-order chi connectivity index (χ0) is 21.5. The second-order valence-corrected chi connectivity index (χ2v) is 8.99. The topological polar surface area (TPSA) is 91.4 Å². The van der Waals surface area contributed by atoms with E-state index in [2.05, 4.69) is 10.2 Å². The van der Waals surface area contributed by atoms with Gasteiger partial charge in [0, 0.05) is 55.7 Å². The van der Waals surface area contributed by atoms with Gasteiger partial charge in [-0.3, -0.25) is 14.7 Å². The number of hydrogen-bond acceptors (Lipinski definition) is 6. The highest BCUT2D eigenvalue weighted by atomic mass is 32.1. The summed E-state index contributed by atoms with van der Waals surface area (Å²) < 4.78 is 5.99. The van der Waals surface area contributed by atoms with E-state index in [0.29, 0.717) is 31.1 Å². The summed E-state index contributed by atoms with van der Waals surface area (Å²) in [5.74, 6) is 0.729. The van der Waals surface area contributed by atoms with E-state index in [-0.39, 0.29) is 17.9 Å². The Morgan fingerprint density at radius 3 is 2.97 bits per heavy atom. The molecule has 160 valence electrons. The molecule has 4 heterocycles. The minimum absolute atomic E-state index is 0.0201. The van der Waals surface area contributed by atoms with Gasteiger partial charge in [-0.15, -0.1) is 11.3 Å². The molecule has 1 aromatic carbocycles. The number of aromatic nitrogens is 3. The third-order valence-corrected chi connectivity index (χ3v) is 7.13. The zero-order valence-corrected chi connectivity index (χ0v) is 18.2. The second kappa shape index (κ2) is 7.81. The molecule has 0 unspecified atom stereocenters. The third kappa shape index (κ3) is 3.59. The fourth-order valence-electron chi connectivity index (χ4n) is 4.14. The summed E-state index contributed by atoms with van der Waals surface area (Å²) >= 11 is 1.45. The Balaban J connectivity index is 1.41. The van der Waals surface area contributed by atoms with Gasteiger partial charge in [-0.2, -0.15) is 5.10 Å². The number of H-pyrrole nitrogens is 1. The Hall–Kier alpha value is -3.20. The van der Waals surface area contributed by atoms with Gasteiger partial charge in [0.2, 0.25) is 5.91 Å². The molecule has 0 spiro atoms. The lowest BCUT2D eigenvalue weighted by Gasteiger charge is -2.23. The van der Waals surface area contributed by atoms with Crippen molar-refractivity contribution in [3.8, 4) is 28.1 Å². The lowest BCUT2D eigenvalue weighted by Crippen LogP contribution is -2.38. The molecule has 1 saturated heterocycles. The van der Waals surface area contributed by atoms with Crippen molar-refractivity contribution in [3.05, 3.63) is 40.5 Å². The maximum atomic E-state index is 13.1. The Bertz CT molecular complexity index is 1140. The van der Waals surface area contributed by atoms with Gasteiger partial charge in [0.15, 0.2) is 5.01 Å². The molecule has 2 aliphatic rings. The number of hydrogen-bond donors (Lipinski definition) is 1. The number of nitrogens with one attached hydrogen (secondary N) is 1. The smallest absolute Gasteiger partial charge is 0.282 e. The van der Waals surface area contributed by atoms with E-state index in [1.807, 2.05) is 29.3 Å². The van der Waals surface area contributed by atoms with Gasteiger partial charge >= 0.3 is 0 Å². The molecule has 0 saturated carbocycles. The standard InChI is InChI=1S/C22H23N5O3S/c1-13(28)26(2)16-5-7-27(12-16)22(29)21-25-20-17-4-3-14(15-10-23-24-11-15)9-18(17)30-8-6-19(20)31-21/h3-4,9-11,16H,5-8,12H2,1-2H3,(H,23,24)/t16-/m1/s1. The van der Waals surface area contributed by atoms with Crippen LogP contribution in [0.5, 0.6) is 5.75 Å². The Morgan fingerprint density at radius 2 is 2.19 bits per heavy atom. The quantitative estimate of drug-likeness (QED) is 0.680. The molecule has 2 amide bonds. The summed E-state index contributed by atoms with van der Waals surface area (Å²) in [5.41, 5.74) is 3.74. The summed E-state index contributed by atoms with van der Waals surface area (Å²) in [6.45, 7) is 3.28. The van der Waals surface area contributed by atoms with Gasteiger partial charge < -0.3 is 14.5 Å². The molecule has 2 aliphatic heterocycles. The summed E-state index contributed by atoms with van der Waals surface area (Å²) in [6, 6.07) is 6.09.